The summed E-state index contributed by atoms with van der Waals surface area (Å²) < 4.78 is 44.4. The zero-order valence-electron chi connectivity index (χ0n) is 13.8. The number of aromatic nitrogens is 2. The molecule has 0 radical (unpaired) electrons. The molecule has 0 saturated carbocycles. The van der Waals surface area contributed by atoms with E-state index >= 15 is 0 Å². The molecule has 3 aromatic rings. The second kappa shape index (κ2) is 6.40. The van der Waals surface area contributed by atoms with Gasteiger partial charge in [-0.3, -0.25) is 0 Å². The number of imidazole rings is 1. The maximum atomic E-state index is 13.0. The molecule has 0 aliphatic rings. The first kappa shape index (κ1) is 17.3. The molecule has 1 aromatic heterocycles. The molecule has 4 nitrogen and oxygen atoms in total. The van der Waals surface area contributed by atoms with Crippen LogP contribution in [0.1, 0.15) is 18.1 Å². The predicted molar refractivity (Wildman–Crippen MR) is 90.4 cm³/mol. The Morgan fingerprint density at radius 2 is 1.80 bits per heavy atom. The summed E-state index contributed by atoms with van der Waals surface area (Å²) in [5, 5.41) is 3.18. The maximum Gasteiger partial charge on any atom is 0.416 e. The van der Waals surface area contributed by atoms with E-state index in [-0.39, 0.29) is 6.61 Å². The molecule has 3 rings (SSSR count). The second-order valence-electron chi connectivity index (χ2n) is 6.07. The van der Waals surface area contributed by atoms with Crippen LogP contribution >= 0.6 is 0 Å². The molecule has 0 spiro atoms. The fourth-order valence-corrected chi connectivity index (χ4v) is 2.79. The van der Waals surface area contributed by atoms with Crippen LogP contribution in [0.2, 0.25) is 0 Å². The van der Waals surface area contributed by atoms with Gasteiger partial charge in [0.05, 0.1) is 28.7 Å². The Balaban J connectivity index is 1.98. The first-order chi connectivity index (χ1) is 11.8. The summed E-state index contributed by atoms with van der Waals surface area (Å²) >= 11 is 0. The SMILES string of the molecule is COCC(C)(Nc1nc2ccccc2[nH]1)c1cccc(C(F)(F)F)c1. The molecule has 1 unspecified atom stereocenters. The summed E-state index contributed by atoms with van der Waals surface area (Å²) in [6.45, 7) is 1.95. The Bertz CT molecular complexity index is 842. The predicted octanol–water partition coefficient (Wildman–Crippen LogP) is 4.56. The first-order valence-corrected chi connectivity index (χ1v) is 7.71. The number of rotatable bonds is 5. The molecule has 0 bridgehead atoms. The van der Waals surface area contributed by atoms with Crippen molar-refractivity contribution in [1.82, 2.24) is 9.97 Å². The van der Waals surface area contributed by atoms with E-state index in [1.54, 1.807) is 13.0 Å². The van der Waals surface area contributed by atoms with E-state index in [9.17, 15) is 13.2 Å². The molecule has 2 N–H and O–H groups in total. The van der Waals surface area contributed by atoms with Gasteiger partial charge in [-0.2, -0.15) is 13.2 Å². The van der Waals surface area contributed by atoms with Crippen LogP contribution in [0, 0.1) is 0 Å². The van der Waals surface area contributed by atoms with Crippen molar-refractivity contribution in [2.75, 3.05) is 19.0 Å². The van der Waals surface area contributed by atoms with Crippen molar-refractivity contribution in [3.8, 4) is 0 Å². The normalized spacial score (nSPS) is 14.4. The summed E-state index contributed by atoms with van der Waals surface area (Å²) in [6.07, 6.45) is -4.40. The number of nitrogens with one attached hydrogen (secondary N) is 2. The average Bonchev–Trinajstić information content (AvgIpc) is 2.96. The molecular weight excluding hydrogens is 331 g/mol. The van der Waals surface area contributed by atoms with E-state index in [1.165, 1.54) is 13.2 Å². The molecule has 0 aliphatic carbocycles. The molecule has 7 heteroatoms. The number of para-hydroxylation sites is 2. The summed E-state index contributed by atoms with van der Waals surface area (Å²) in [5.74, 6) is 0.471. The van der Waals surface area contributed by atoms with Crippen molar-refractivity contribution in [1.29, 1.82) is 0 Å². The van der Waals surface area contributed by atoms with Gasteiger partial charge in [0.2, 0.25) is 5.95 Å². The van der Waals surface area contributed by atoms with Crippen molar-refractivity contribution in [2.45, 2.75) is 18.6 Å². The van der Waals surface area contributed by atoms with Gasteiger partial charge in [0.15, 0.2) is 0 Å². The summed E-state index contributed by atoms with van der Waals surface area (Å²) in [7, 11) is 1.51. The van der Waals surface area contributed by atoms with E-state index < -0.39 is 17.3 Å². The van der Waals surface area contributed by atoms with E-state index in [4.69, 9.17) is 4.74 Å². The smallest absolute Gasteiger partial charge is 0.382 e. The lowest BCUT2D eigenvalue weighted by Gasteiger charge is -2.31. The lowest BCUT2D eigenvalue weighted by atomic mass is 9.91. The third kappa shape index (κ3) is 3.61. The summed E-state index contributed by atoms with van der Waals surface area (Å²) in [4.78, 5) is 7.56. The number of aromatic amines is 1. The highest BCUT2D eigenvalue weighted by Gasteiger charge is 2.34. The Morgan fingerprint density at radius 1 is 1.08 bits per heavy atom. The van der Waals surface area contributed by atoms with E-state index in [2.05, 4.69) is 15.3 Å². The Labute approximate surface area is 143 Å². The third-order valence-electron chi connectivity index (χ3n) is 4.04. The number of halogens is 3. The van der Waals surface area contributed by atoms with Gasteiger partial charge in [-0.25, -0.2) is 4.98 Å². The van der Waals surface area contributed by atoms with Crippen molar-refractivity contribution in [3.05, 3.63) is 59.7 Å². The number of fused-ring (bicyclic) bond motifs is 1. The molecule has 0 aliphatic heterocycles. The van der Waals surface area contributed by atoms with Crippen molar-refractivity contribution < 1.29 is 17.9 Å². The highest BCUT2D eigenvalue weighted by molar-refractivity contribution is 5.77. The molecule has 2 aromatic carbocycles. The van der Waals surface area contributed by atoms with Crippen LogP contribution in [-0.4, -0.2) is 23.7 Å². The van der Waals surface area contributed by atoms with Crippen LogP contribution in [0.5, 0.6) is 0 Å². The second-order valence-corrected chi connectivity index (χ2v) is 6.07. The number of methoxy groups -OCH3 is 1. The lowest BCUT2D eigenvalue weighted by molar-refractivity contribution is -0.137. The molecule has 132 valence electrons. The van der Waals surface area contributed by atoms with Crippen LogP contribution < -0.4 is 5.32 Å². The van der Waals surface area contributed by atoms with Crippen LogP contribution in [0.4, 0.5) is 19.1 Å². The fourth-order valence-electron chi connectivity index (χ4n) is 2.79. The number of ether oxygens (including phenoxy) is 1. The molecule has 0 saturated heterocycles. The highest BCUT2D eigenvalue weighted by Crippen LogP contribution is 2.33. The molecule has 1 heterocycles. The van der Waals surface area contributed by atoms with Gasteiger partial charge in [-0.15, -0.1) is 0 Å². The number of benzene rings is 2. The lowest BCUT2D eigenvalue weighted by Crippen LogP contribution is -2.37. The average molecular weight is 349 g/mol. The number of alkyl halides is 3. The topological polar surface area (TPSA) is 49.9 Å². The third-order valence-corrected chi connectivity index (χ3v) is 4.04. The van der Waals surface area contributed by atoms with Crippen LogP contribution in [0.15, 0.2) is 48.5 Å². The van der Waals surface area contributed by atoms with E-state index in [0.717, 1.165) is 23.2 Å². The van der Waals surface area contributed by atoms with E-state index in [0.29, 0.717) is 11.5 Å². The van der Waals surface area contributed by atoms with Crippen LogP contribution in [-0.2, 0) is 16.5 Å². The van der Waals surface area contributed by atoms with E-state index in [1.807, 2.05) is 24.3 Å². The molecule has 1 atom stereocenters. The minimum Gasteiger partial charge on any atom is -0.382 e. The number of H-pyrrole nitrogens is 1. The van der Waals surface area contributed by atoms with Gasteiger partial charge in [0.1, 0.15) is 0 Å². The van der Waals surface area contributed by atoms with Gasteiger partial charge in [-0.1, -0.05) is 24.3 Å². The zero-order chi connectivity index (χ0) is 18.1. The Morgan fingerprint density at radius 3 is 2.48 bits per heavy atom. The largest absolute Gasteiger partial charge is 0.416 e. The number of hydrogen-bond acceptors (Lipinski definition) is 3. The van der Waals surface area contributed by atoms with Gasteiger partial charge in [0, 0.05) is 7.11 Å². The van der Waals surface area contributed by atoms with Gasteiger partial charge in [0.25, 0.3) is 0 Å². The highest BCUT2D eigenvalue weighted by atomic mass is 19.4. The zero-order valence-corrected chi connectivity index (χ0v) is 13.8. The standard InChI is InChI=1S/C18H18F3N3O/c1-17(11-25-2,12-6-5-7-13(10-12)18(19,20)21)24-16-22-14-8-3-4-9-15(14)23-16/h3-10H,11H2,1-2H3,(H2,22,23,24). The van der Waals surface area contributed by atoms with Crippen LogP contribution in [0.3, 0.4) is 0 Å². The van der Waals surface area contributed by atoms with Crippen molar-refractivity contribution in [3.63, 3.8) is 0 Å². The molecule has 0 fully saturated rings. The monoisotopic (exact) mass is 349 g/mol. The maximum absolute atomic E-state index is 13.0. The minimum absolute atomic E-state index is 0.172. The van der Waals surface area contributed by atoms with Gasteiger partial charge >= 0.3 is 6.18 Å². The summed E-state index contributed by atoms with van der Waals surface area (Å²) in [5.41, 5.74) is 0.496. The number of nitrogens with zero attached hydrogens (tertiary/aromatic N) is 1. The van der Waals surface area contributed by atoms with Gasteiger partial charge in [-0.05, 0) is 36.8 Å². The van der Waals surface area contributed by atoms with Crippen LogP contribution in [0.25, 0.3) is 11.0 Å². The minimum atomic E-state index is -4.40. The van der Waals surface area contributed by atoms with Crippen molar-refractivity contribution in [2.24, 2.45) is 0 Å². The summed E-state index contributed by atoms with van der Waals surface area (Å²) in [6, 6.07) is 12.7. The molecule has 25 heavy (non-hydrogen) atoms. The number of anilines is 1. The Hall–Kier alpha value is -2.54. The van der Waals surface area contributed by atoms with Gasteiger partial charge < -0.3 is 15.0 Å². The fraction of sp³-hybridized carbons (Fsp3) is 0.278. The molecule has 0 amide bonds. The molecular formula is C18H18F3N3O. The number of hydrogen-bond donors (Lipinski definition) is 2. The quantitative estimate of drug-likeness (QED) is 0.710. The first-order valence-electron chi connectivity index (χ1n) is 7.71. The Kier molecular flexibility index (Phi) is 4.43. The van der Waals surface area contributed by atoms with Crippen molar-refractivity contribution >= 4 is 17.0 Å².